The van der Waals surface area contributed by atoms with Crippen molar-refractivity contribution in [1.29, 1.82) is 0 Å². The number of hydrogen-bond donors (Lipinski definition) is 1. The van der Waals surface area contributed by atoms with Crippen LogP contribution in [0.15, 0.2) is 6.20 Å². The van der Waals surface area contributed by atoms with Crippen molar-refractivity contribution in [2.45, 2.75) is 12.3 Å². The molecule has 0 aliphatic carbocycles. The summed E-state index contributed by atoms with van der Waals surface area (Å²) in [6, 6.07) is 0. The molecule has 0 amide bonds. The van der Waals surface area contributed by atoms with Crippen molar-refractivity contribution in [1.82, 2.24) is 4.98 Å². The van der Waals surface area contributed by atoms with E-state index < -0.39 is 17.3 Å². The maximum absolute atomic E-state index is 12.1. The molecule has 1 heterocycles. The number of thioether (sulfide) groups is 1. The minimum absolute atomic E-state index is 0.256. The van der Waals surface area contributed by atoms with Gasteiger partial charge in [0.2, 0.25) is 0 Å². The number of rotatable bonds is 3. The Hall–Kier alpha value is -0.270. The van der Waals surface area contributed by atoms with Crippen molar-refractivity contribution < 1.29 is 18.3 Å². The fourth-order valence-electron chi connectivity index (χ4n) is 0.812. The van der Waals surface area contributed by atoms with Gasteiger partial charge < -0.3 is 5.11 Å². The molecule has 2 nitrogen and oxygen atoms in total. The van der Waals surface area contributed by atoms with E-state index in [2.05, 4.69) is 4.98 Å². The number of thiazole rings is 1. The molecule has 1 unspecified atom stereocenters. The number of aliphatic hydroxyl groups is 1. The van der Waals surface area contributed by atoms with E-state index in [1.165, 1.54) is 11.8 Å². The maximum Gasteiger partial charge on any atom is 0.443 e. The first kappa shape index (κ1) is 11.8. The molecule has 0 saturated carbocycles. The number of nitrogens with zero attached hydrogens (tertiary/aromatic N) is 1. The van der Waals surface area contributed by atoms with Crippen LogP contribution in [0, 0.1) is 0 Å². The lowest BCUT2D eigenvalue weighted by Gasteiger charge is -2.04. The van der Waals surface area contributed by atoms with E-state index in [0.29, 0.717) is 17.1 Å². The van der Waals surface area contributed by atoms with Crippen LogP contribution in [0.4, 0.5) is 13.2 Å². The second kappa shape index (κ2) is 4.50. The van der Waals surface area contributed by atoms with Crippen LogP contribution < -0.4 is 0 Å². The lowest BCUT2D eigenvalue weighted by molar-refractivity contribution is -0.137. The van der Waals surface area contributed by atoms with Gasteiger partial charge in [-0.25, -0.2) is 4.98 Å². The molecule has 0 spiro atoms. The summed E-state index contributed by atoms with van der Waals surface area (Å²) in [6.45, 7) is 0. The Morgan fingerprint density at radius 2 is 2.29 bits per heavy atom. The predicted molar refractivity (Wildman–Crippen MR) is 50.5 cm³/mol. The number of aliphatic hydroxyl groups excluding tert-OH is 1. The monoisotopic (exact) mass is 243 g/mol. The summed E-state index contributed by atoms with van der Waals surface area (Å²) < 4.78 is 36.3. The number of alkyl halides is 3. The third-order valence-corrected chi connectivity index (χ3v) is 3.21. The molecule has 0 saturated heterocycles. The van der Waals surface area contributed by atoms with E-state index in [0.717, 1.165) is 6.20 Å². The van der Waals surface area contributed by atoms with E-state index in [1.54, 1.807) is 6.26 Å². The number of aromatic nitrogens is 1. The van der Waals surface area contributed by atoms with Gasteiger partial charge in [0.25, 0.3) is 0 Å². The number of hydrogen-bond acceptors (Lipinski definition) is 4. The molecule has 1 rings (SSSR count). The van der Waals surface area contributed by atoms with E-state index in [1.807, 2.05) is 0 Å². The maximum atomic E-state index is 12.1. The average Bonchev–Trinajstić information content (AvgIpc) is 2.51. The summed E-state index contributed by atoms with van der Waals surface area (Å²) in [5.74, 6) is 0.374. The van der Waals surface area contributed by atoms with E-state index in [9.17, 15) is 18.3 Å². The van der Waals surface area contributed by atoms with Crippen molar-refractivity contribution in [3.63, 3.8) is 0 Å². The molecular formula is C7H8F3NOS2. The molecule has 1 atom stereocenters. The SMILES string of the molecule is CSCC(O)c1cnc(C(F)(F)F)s1. The number of halogens is 3. The molecule has 1 aromatic heterocycles. The molecule has 14 heavy (non-hydrogen) atoms. The van der Waals surface area contributed by atoms with Gasteiger partial charge in [-0.1, -0.05) is 0 Å². The van der Waals surface area contributed by atoms with Crippen LogP contribution in [-0.2, 0) is 6.18 Å². The quantitative estimate of drug-likeness (QED) is 0.885. The van der Waals surface area contributed by atoms with Crippen LogP contribution in [-0.4, -0.2) is 22.1 Å². The first-order chi connectivity index (χ1) is 6.45. The van der Waals surface area contributed by atoms with Crippen molar-refractivity contribution in [2.75, 3.05) is 12.0 Å². The van der Waals surface area contributed by atoms with Crippen LogP contribution in [0.25, 0.3) is 0 Å². The first-order valence-corrected chi connectivity index (χ1v) is 5.86. The fraction of sp³-hybridized carbons (Fsp3) is 0.571. The highest BCUT2D eigenvalue weighted by atomic mass is 32.2. The average molecular weight is 243 g/mol. The van der Waals surface area contributed by atoms with Gasteiger partial charge >= 0.3 is 6.18 Å². The highest BCUT2D eigenvalue weighted by Gasteiger charge is 2.35. The molecule has 1 aromatic rings. The lowest BCUT2D eigenvalue weighted by atomic mass is 10.4. The summed E-state index contributed by atoms with van der Waals surface area (Å²) in [5.41, 5.74) is 0. The minimum atomic E-state index is -4.41. The standard InChI is InChI=1S/C7H8F3NOS2/c1-13-3-4(12)5-2-11-6(14-5)7(8,9)10/h2,4,12H,3H2,1H3. The molecule has 0 fully saturated rings. The molecular weight excluding hydrogens is 235 g/mol. The summed E-state index contributed by atoms with van der Waals surface area (Å²) in [6.07, 6.45) is -2.43. The lowest BCUT2D eigenvalue weighted by Crippen LogP contribution is -2.03. The Labute approximate surface area is 87.2 Å². The van der Waals surface area contributed by atoms with Crippen LogP contribution in [0.1, 0.15) is 16.0 Å². The molecule has 0 radical (unpaired) electrons. The highest BCUT2D eigenvalue weighted by molar-refractivity contribution is 7.98. The summed E-state index contributed by atoms with van der Waals surface area (Å²) in [7, 11) is 0. The van der Waals surface area contributed by atoms with Gasteiger partial charge in [-0.05, 0) is 6.26 Å². The second-order valence-electron chi connectivity index (χ2n) is 2.54. The Balaban J connectivity index is 2.78. The van der Waals surface area contributed by atoms with Gasteiger partial charge in [-0.3, -0.25) is 0 Å². The Bertz CT molecular complexity index is 299. The third-order valence-electron chi connectivity index (χ3n) is 1.42. The minimum Gasteiger partial charge on any atom is -0.387 e. The van der Waals surface area contributed by atoms with E-state index in [-0.39, 0.29) is 4.88 Å². The van der Waals surface area contributed by atoms with Gasteiger partial charge in [0.05, 0.1) is 11.0 Å². The predicted octanol–water partition coefficient (Wildman–Crippen LogP) is 2.56. The smallest absolute Gasteiger partial charge is 0.387 e. The van der Waals surface area contributed by atoms with Gasteiger partial charge in [0.1, 0.15) is 0 Å². The van der Waals surface area contributed by atoms with Crippen LogP contribution in [0.5, 0.6) is 0 Å². The van der Waals surface area contributed by atoms with Crippen molar-refractivity contribution in [2.24, 2.45) is 0 Å². The zero-order chi connectivity index (χ0) is 10.8. The van der Waals surface area contributed by atoms with Crippen LogP contribution in [0.2, 0.25) is 0 Å². The summed E-state index contributed by atoms with van der Waals surface area (Å²) >= 11 is 1.86. The largest absolute Gasteiger partial charge is 0.443 e. The van der Waals surface area contributed by atoms with Crippen LogP contribution >= 0.6 is 23.1 Å². The zero-order valence-corrected chi connectivity index (χ0v) is 8.84. The van der Waals surface area contributed by atoms with Crippen LogP contribution in [0.3, 0.4) is 0 Å². The molecule has 0 aliphatic rings. The van der Waals surface area contributed by atoms with E-state index >= 15 is 0 Å². The molecule has 7 heteroatoms. The second-order valence-corrected chi connectivity index (χ2v) is 4.51. The Morgan fingerprint density at radius 1 is 1.64 bits per heavy atom. The molecule has 80 valence electrons. The van der Waals surface area contributed by atoms with Crippen molar-refractivity contribution >= 4 is 23.1 Å². The molecule has 0 aliphatic heterocycles. The van der Waals surface area contributed by atoms with Gasteiger partial charge in [0, 0.05) is 11.9 Å². The van der Waals surface area contributed by atoms with E-state index in [4.69, 9.17) is 0 Å². The molecule has 0 bridgehead atoms. The zero-order valence-electron chi connectivity index (χ0n) is 7.21. The third kappa shape index (κ3) is 2.86. The molecule has 0 aromatic carbocycles. The summed E-state index contributed by atoms with van der Waals surface area (Å²) in [5, 5.41) is 8.47. The topological polar surface area (TPSA) is 33.1 Å². The van der Waals surface area contributed by atoms with Gasteiger partial charge in [0.15, 0.2) is 5.01 Å². The summed E-state index contributed by atoms with van der Waals surface area (Å²) in [4.78, 5) is 3.47. The Morgan fingerprint density at radius 3 is 2.71 bits per heavy atom. The van der Waals surface area contributed by atoms with Gasteiger partial charge in [-0.15, -0.1) is 11.3 Å². The fourth-order valence-corrected chi connectivity index (χ4v) is 2.18. The molecule has 1 N–H and O–H groups in total. The van der Waals surface area contributed by atoms with Gasteiger partial charge in [-0.2, -0.15) is 24.9 Å². The van der Waals surface area contributed by atoms with Crippen molar-refractivity contribution in [3.8, 4) is 0 Å². The van der Waals surface area contributed by atoms with Crippen molar-refractivity contribution in [3.05, 3.63) is 16.1 Å². The first-order valence-electron chi connectivity index (χ1n) is 3.65. The normalized spacial score (nSPS) is 14.4. The highest BCUT2D eigenvalue weighted by Crippen LogP contribution is 2.34. The Kier molecular flexibility index (Phi) is 3.79.